The summed E-state index contributed by atoms with van der Waals surface area (Å²) in [5.41, 5.74) is 3.70. The number of amides is 2. The van der Waals surface area contributed by atoms with Crippen molar-refractivity contribution in [2.75, 3.05) is 5.32 Å². The van der Waals surface area contributed by atoms with Crippen molar-refractivity contribution in [2.24, 2.45) is 0 Å². The fourth-order valence-corrected chi connectivity index (χ4v) is 3.88. The van der Waals surface area contributed by atoms with Gasteiger partial charge in [-0.05, 0) is 54.8 Å². The molecule has 5 nitrogen and oxygen atoms in total. The molecule has 1 aliphatic carbocycles. The molecule has 0 aromatic heterocycles. The van der Waals surface area contributed by atoms with Gasteiger partial charge in [-0.2, -0.15) is 0 Å². The Kier molecular flexibility index (Phi) is 4.90. The third-order valence-electron chi connectivity index (χ3n) is 5.67. The molecule has 6 heteroatoms. The van der Waals surface area contributed by atoms with Gasteiger partial charge in [0, 0.05) is 35.0 Å². The van der Waals surface area contributed by atoms with Crippen LogP contribution in [0.1, 0.15) is 50.9 Å². The van der Waals surface area contributed by atoms with Crippen molar-refractivity contribution in [3.63, 3.8) is 0 Å². The van der Waals surface area contributed by atoms with Crippen molar-refractivity contribution in [1.82, 2.24) is 10.2 Å². The van der Waals surface area contributed by atoms with E-state index in [-0.39, 0.29) is 23.7 Å². The highest BCUT2D eigenvalue weighted by Crippen LogP contribution is 2.35. The second-order valence-corrected chi connectivity index (χ2v) is 8.02. The maximum atomic E-state index is 13.3. The number of rotatable bonds is 6. The Balaban J connectivity index is 1.42. The summed E-state index contributed by atoms with van der Waals surface area (Å²) in [6, 6.07) is 21.3. The van der Waals surface area contributed by atoms with Crippen LogP contribution in [-0.2, 0) is 6.54 Å². The molecule has 0 bridgehead atoms. The maximum absolute atomic E-state index is 13.3. The van der Waals surface area contributed by atoms with E-state index in [1.54, 1.807) is 29.2 Å². The maximum Gasteiger partial charge on any atom is 0.256 e. The number of hydrogen-bond donors (Lipinski definition) is 2. The Hall–Kier alpha value is -3.67. The molecule has 5 rings (SSSR count). The monoisotopic (exact) mass is 415 g/mol. The minimum absolute atomic E-state index is 0.0833. The Labute approximate surface area is 179 Å². The van der Waals surface area contributed by atoms with Gasteiger partial charge in [0.05, 0.1) is 0 Å². The van der Waals surface area contributed by atoms with E-state index < -0.39 is 6.17 Å². The van der Waals surface area contributed by atoms with Crippen LogP contribution in [-0.4, -0.2) is 22.8 Å². The largest absolute Gasteiger partial charge is 0.361 e. The SMILES string of the molecule is O=C(NC1CC1)c1cccc(NC2c3ccccc3C(=O)N2Cc2ccc(F)cc2)c1. The number of benzene rings is 3. The summed E-state index contributed by atoms with van der Waals surface area (Å²) >= 11 is 0. The first-order valence-electron chi connectivity index (χ1n) is 10.4. The van der Waals surface area contributed by atoms with Gasteiger partial charge in [-0.3, -0.25) is 9.59 Å². The van der Waals surface area contributed by atoms with Crippen LogP contribution in [0.15, 0.2) is 72.8 Å². The summed E-state index contributed by atoms with van der Waals surface area (Å²) in [6.45, 7) is 0.341. The lowest BCUT2D eigenvalue weighted by Crippen LogP contribution is -2.32. The van der Waals surface area contributed by atoms with E-state index in [4.69, 9.17) is 0 Å². The molecule has 0 saturated heterocycles. The number of anilines is 1. The van der Waals surface area contributed by atoms with E-state index in [0.717, 1.165) is 29.7 Å². The van der Waals surface area contributed by atoms with Gasteiger partial charge in [0.2, 0.25) is 0 Å². The van der Waals surface area contributed by atoms with Crippen molar-refractivity contribution < 1.29 is 14.0 Å². The quantitative estimate of drug-likeness (QED) is 0.624. The van der Waals surface area contributed by atoms with Crippen molar-refractivity contribution in [2.45, 2.75) is 31.6 Å². The highest BCUT2D eigenvalue weighted by molar-refractivity contribution is 5.99. The lowest BCUT2D eigenvalue weighted by atomic mass is 10.1. The molecule has 0 radical (unpaired) electrons. The molecule has 2 aliphatic rings. The number of nitrogens with zero attached hydrogens (tertiary/aromatic N) is 1. The normalized spacial score (nSPS) is 17.4. The Morgan fingerprint density at radius 3 is 2.55 bits per heavy atom. The van der Waals surface area contributed by atoms with Gasteiger partial charge in [0.25, 0.3) is 11.8 Å². The van der Waals surface area contributed by atoms with E-state index in [1.165, 1.54) is 12.1 Å². The highest BCUT2D eigenvalue weighted by Gasteiger charge is 2.36. The molecule has 1 unspecified atom stereocenters. The van der Waals surface area contributed by atoms with Crippen molar-refractivity contribution in [3.8, 4) is 0 Å². The lowest BCUT2D eigenvalue weighted by molar-refractivity contribution is 0.0728. The van der Waals surface area contributed by atoms with Gasteiger partial charge >= 0.3 is 0 Å². The van der Waals surface area contributed by atoms with E-state index in [2.05, 4.69) is 10.6 Å². The predicted octanol–water partition coefficient (Wildman–Crippen LogP) is 4.48. The van der Waals surface area contributed by atoms with Gasteiger partial charge in [-0.1, -0.05) is 36.4 Å². The molecule has 2 N–H and O–H groups in total. The molecule has 1 heterocycles. The average molecular weight is 415 g/mol. The van der Waals surface area contributed by atoms with Crippen LogP contribution in [0.25, 0.3) is 0 Å². The second-order valence-electron chi connectivity index (χ2n) is 8.02. The van der Waals surface area contributed by atoms with Gasteiger partial charge in [-0.15, -0.1) is 0 Å². The summed E-state index contributed by atoms with van der Waals surface area (Å²) < 4.78 is 13.3. The zero-order valence-electron chi connectivity index (χ0n) is 16.8. The van der Waals surface area contributed by atoms with Crippen LogP contribution in [0.4, 0.5) is 10.1 Å². The third-order valence-corrected chi connectivity index (χ3v) is 5.67. The van der Waals surface area contributed by atoms with E-state index in [9.17, 15) is 14.0 Å². The van der Waals surface area contributed by atoms with Gasteiger partial charge in [0.15, 0.2) is 0 Å². The Morgan fingerprint density at radius 1 is 1.00 bits per heavy atom. The fraction of sp³-hybridized carbons (Fsp3) is 0.200. The average Bonchev–Trinajstić information content (AvgIpc) is 3.57. The first-order valence-corrected chi connectivity index (χ1v) is 10.4. The van der Waals surface area contributed by atoms with Crippen LogP contribution in [0.2, 0.25) is 0 Å². The molecule has 1 aliphatic heterocycles. The van der Waals surface area contributed by atoms with E-state index in [1.807, 2.05) is 36.4 Å². The molecule has 1 fully saturated rings. The second kappa shape index (κ2) is 7.87. The Morgan fingerprint density at radius 2 is 1.77 bits per heavy atom. The molecule has 0 spiro atoms. The highest BCUT2D eigenvalue weighted by atomic mass is 19.1. The van der Waals surface area contributed by atoms with Crippen molar-refractivity contribution in [3.05, 3.63) is 101 Å². The molecule has 1 saturated carbocycles. The summed E-state index contributed by atoms with van der Waals surface area (Å²) in [5.74, 6) is -0.479. The molecule has 3 aromatic carbocycles. The van der Waals surface area contributed by atoms with Crippen LogP contribution in [0, 0.1) is 5.82 Å². The van der Waals surface area contributed by atoms with E-state index >= 15 is 0 Å². The number of hydrogen-bond acceptors (Lipinski definition) is 3. The number of fused-ring (bicyclic) bond motifs is 1. The smallest absolute Gasteiger partial charge is 0.256 e. The number of carbonyl (C=O) groups excluding carboxylic acids is 2. The molecule has 3 aromatic rings. The van der Waals surface area contributed by atoms with Crippen LogP contribution >= 0.6 is 0 Å². The van der Waals surface area contributed by atoms with Gasteiger partial charge in [0.1, 0.15) is 12.0 Å². The zero-order chi connectivity index (χ0) is 21.4. The predicted molar refractivity (Wildman–Crippen MR) is 116 cm³/mol. The van der Waals surface area contributed by atoms with Crippen molar-refractivity contribution in [1.29, 1.82) is 0 Å². The minimum atomic E-state index is -0.393. The first-order chi connectivity index (χ1) is 15.1. The summed E-state index contributed by atoms with van der Waals surface area (Å²) in [6.07, 6.45) is 1.67. The zero-order valence-corrected chi connectivity index (χ0v) is 16.8. The molecule has 2 amide bonds. The minimum Gasteiger partial charge on any atom is -0.361 e. The summed E-state index contributed by atoms with van der Waals surface area (Å²) in [4.78, 5) is 27.3. The van der Waals surface area contributed by atoms with Crippen molar-refractivity contribution >= 4 is 17.5 Å². The molecular formula is C25H22FN3O2. The van der Waals surface area contributed by atoms with E-state index in [0.29, 0.717) is 17.7 Å². The first kappa shape index (κ1) is 19.3. The van der Waals surface area contributed by atoms with Crippen LogP contribution in [0.5, 0.6) is 0 Å². The summed E-state index contributed by atoms with van der Waals surface area (Å²) in [5, 5.41) is 6.42. The number of nitrogens with one attached hydrogen (secondary N) is 2. The Bertz CT molecular complexity index is 1140. The number of carbonyl (C=O) groups is 2. The standard InChI is InChI=1S/C25H22FN3O2/c26-18-10-8-16(9-11-18)15-29-23(21-6-1-2-7-22(21)25(29)31)27-20-5-3-4-17(14-20)24(30)28-19-12-13-19/h1-11,14,19,23,27H,12-13,15H2,(H,28,30). The van der Waals surface area contributed by atoms with Gasteiger partial charge in [-0.25, -0.2) is 4.39 Å². The third kappa shape index (κ3) is 4.01. The lowest BCUT2D eigenvalue weighted by Gasteiger charge is -2.27. The summed E-state index contributed by atoms with van der Waals surface area (Å²) in [7, 11) is 0. The van der Waals surface area contributed by atoms with Crippen LogP contribution < -0.4 is 10.6 Å². The number of halogens is 1. The van der Waals surface area contributed by atoms with Crippen LogP contribution in [0.3, 0.4) is 0 Å². The topological polar surface area (TPSA) is 61.4 Å². The molecule has 1 atom stereocenters. The molecular weight excluding hydrogens is 393 g/mol. The molecule has 31 heavy (non-hydrogen) atoms. The fourth-order valence-electron chi connectivity index (χ4n) is 3.88. The molecule has 156 valence electrons. The van der Waals surface area contributed by atoms with Gasteiger partial charge < -0.3 is 15.5 Å².